The van der Waals surface area contributed by atoms with Crippen LogP contribution in [0.15, 0.2) is 60.9 Å². The fourth-order valence-corrected chi connectivity index (χ4v) is 4.02. The molecule has 7 nitrogen and oxygen atoms in total. The van der Waals surface area contributed by atoms with Gasteiger partial charge in [-0.3, -0.25) is 0 Å². The van der Waals surface area contributed by atoms with E-state index in [0.717, 1.165) is 54.1 Å². The summed E-state index contributed by atoms with van der Waals surface area (Å²) in [5, 5.41) is 4.50. The summed E-state index contributed by atoms with van der Waals surface area (Å²) in [6.45, 7) is 4.28. The molecule has 3 heterocycles. The lowest BCUT2D eigenvalue weighted by molar-refractivity contribution is 0.313. The predicted octanol–water partition coefficient (Wildman–Crippen LogP) is 2.98. The first kappa shape index (κ1) is 18.4. The summed E-state index contributed by atoms with van der Waals surface area (Å²) in [6, 6.07) is 16.2. The quantitative estimate of drug-likeness (QED) is 0.515. The minimum absolute atomic E-state index is 0.526. The number of hydrogen-bond acceptors (Lipinski definition) is 6. The Morgan fingerprint density at radius 2 is 1.53 bits per heavy atom. The van der Waals surface area contributed by atoms with Gasteiger partial charge in [-0.25, -0.2) is 4.98 Å². The lowest BCUT2D eigenvalue weighted by Gasteiger charge is -2.34. The number of nitrogens with two attached hydrogens (primary N) is 2. The zero-order valence-corrected chi connectivity index (χ0v) is 17.0. The second-order valence-electron chi connectivity index (χ2n) is 7.78. The first-order valence-corrected chi connectivity index (χ1v) is 10.1. The Hall–Kier alpha value is -3.58. The van der Waals surface area contributed by atoms with E-state index in [1.807, 2.05) is 30.5 Å². The first-order chi connectivity index (χ1) is 14.6. The topological polar surface area (TPSA) is 88.7 Å². The summed E-state index contributed by atoms with van der Waals surface area (Å²) in [5.41, 5.74) is 18.9. The average molecular weight is 400 g/mol. The number of likely N-dealkylation sites (N-methyl/N-ethyl adjacent to an activating group) is 1. The highest BCUT2D eigenvalue weighted by Crippen LogP contribution is 2.33. The van der Waals surface area contributed by atoms with Gasteiger partial charge in [-0.1, -0.05) is 30.3 Å². The van der Waals surface area contributed by atoms with Gasteiger partial charge >= 0.3 is 0 Å². The van der Waals surface area contributed by atoms with Crippen LogP contribution >= 0.6 is 0 Å². The lowest BCUT2D eigenvalue weighted by Crippen LogP contribution is -2.44. The predicted molar refractivity (Wildman–Crippen MR) is 122 cm³/mol. The van der Waals surface area contributed by atoms with Crippen molar-refractivity contribution in [1.29, 1.82) is 0 Å². The number of hydrogen-bond donors (Lipinski definition) is 2. The lowest BCUT2D eigenvalue weighted by atomic mass is 10.1. The molecule has 0 spiro atoms. The highest BCUT2D eigenvalue weighted by atomic mass is 15.3. The summed E-state index contributed by atoms with van der Waals surface area (Å²) < 4.78 is 1.69. The molecule has 0 saturated carbocycles. The molecule has 5 rings (SSSR count). The van der Waals surface area contributed by atoms with E-state index in [-0.39, 0.29) is 0 Å². The molecule has 0 unspecified atom stereocenters. The van der Waals surface area contributed by atoms with Gasteiger partial charge in [0.25, 0.3) is 0 Å². The van der Waals surface area contributed by atoms with Crippen LogP contribution in [0.4, 0.5) is 17.2 Å². The molecule has 4 aromatic rings. The van der Waals surface area contributed by atoms with Crippen LogP contribution in [0, 0.1) is 0 Å². The average Bonchev–Trinajstić information content (AvgIpc) is 3.21. The fraction of sp³-hybridized carbons (Fsp3) is 0.217. The molecule has 2 aromatic carbocycles. The molecule has 0 radical (unpaired) electrons. The van der Waals surface area contributed by atoms with E-state index < -0.39 is 0 Å². The first-order valence-electron chi connectivity index (χ1n) is 10.1. The Bertz CT molecular complexity index is 1190. The number of fused-ring (bicyclic) bond motifs is 1. The fourth-order valence-electron chi connectivity index (χ4n) is 4.02. The maximum atomic E-state index is 6.44. The third kappa shape index (κ3) is 3.13. The van der Waals surface area contributed by atoms with Crippen LogP contribution < -0.4 is 16.4 Å². The van der Waals surface area contributed by atoms with Crippen LogP contribution in [0.2, 0.25) is 0 Å². The SMILES string of the molecule is CN1CCN(c2ccc(-c3cnn4c(N)c(-c5ccccc5N)cnc34)cc2)CC1. The van der Waals surface area contributed by atoms with Gasteiger partial charge in [-0.15, -0.1) is 0 Å². The molecule has 0 atom stereocenters. The molecule has 2 aromatic heterocycles. The zero-order valence-electron chi connectivity index (χ0n) is 17.0. The van der Waals surface area contributed by atoms with Gasteiger partial charge in [0.15, 0.2) is 5.65 Å². The minimum Gasteiger partial charge on any atom is -0.398 e. The van der Waals surface area contributed by atoms with Crippen molar-refractivity contribution in [3.05, 3.63) is 60.9 Å². The maximum Gasteiger partial charge on any atom is 0.165 e. The van der Waals surface area contributed by atoms with Crippen molar-refractivity contribution < 1.29 is 0 Å². The van der Waals surface area contributed by atoms with E-state index in [9.17, 15) is 0 Å². The van der Waals surface area contributed by atoms with E-state index in [4.69, 9.17) is 11.5 Å². The molecule has 152 valence electrons. The Morgan fingerprint density at radius 3 is 2.27 bits per heavy atom. The Morgan fingerprint density at radius 1 is 0.800 bits per heavy atom. The number of nitrogen functional groups attached to an aromatic ring is 2. The molecule has 1 aliphatic rings. The van der Waals surface area contributed by atoms with Gasteiger partial charge in [0.2, 0.25) is 0 Å². The van der Waals surface area contributed by atoms with E-state index in [0.29, 0.717) is 11.5 Å². The zero-order chi connectivity index (χ0) is 20.7. The minimum atomic E-state index is 0.526. The van der Waals surface area contributed by atoms with Crippen LogP contribution in [0.1, 0.15) is 0 Å². The number of rotatable bonds is 3. The van der Waals surface area contributed by atoms with Crippen molar-refractivity contribution in [3.8, 4) is 22.3 Å². The third-order valence-electron chi connectivity index (χ3n) is 5.86. The summed E-state index contributed by atoms with van der Waals surface area (Å²) in [6.07, 6.45) is 3.60. The molecule has 1 aliphatic heterocycles. The second kappa shape index (κ2) is 7.35. The number of piperazine rings is 1. The van der Waals surface area contributed by atoms with E-state index in [1.165, 1.54) is 5.69 Å². The molecule has 30 heavy (non-hydrogen) atoms. The monoisotopic (exact) mass is 399 g/mol. The Balaban J connectivity index is 1.48. The van der Waals surface area contributed by atoms with Crippen LogP contribution in [-0.2, 0) is 0 Å². The van der Waals surface area contributed by atoms with Crippen molar-refractivity contribution in [3.63, 3.8) is 0 Å². The van der Waals surface area contributed by atoms with Crippen LogP contribution in [0.25, 0.3) is 27.9 Å². The van der Waals surface area contributed by atoms with Gasteiger partial charge < -0.3 is 21.3 Å². The van der Waals surface area contributed by atoms with Crippen molar-refractivity contribution in [2.45, 2.75) is 0 Å². The van der Waals surface area contributed by atoms with E-state index >= 15 is 0 Å². The number of para-hydroxylation sites is 1. The van der Waals surface area contributed by atoms with Gasteiger partial charge in [0, 0.05) is 60.4 Å². The smallest absolute Gasteiger partial charge is 0.165 e. The van der Waals surface area contributed by atoms with Gasteiger partial charge in [-0.05, 0) is 30.8 Å². The third-order valence-corrected chi connectivity index (χ3v) is 5.86. The number of aromatic nitrogens is 3. The van der Waals surface area contributed by atoms with Crippen molar-refractivity contribution in [2.24, 2.45) is 0 Å². The van der Waals surface area contributed by atoms with Crippen molar-refractivity contribution >= 4 is 22.8 Å². The largest absolute Gasteiger partial charge is 0.398 e. The van der Waals surface area contributed by atoms with E-state index in [2.05, 4.69) is 51.2 Å². The molecule has 0 amide bonds. The highest BCUT2D eigenvalue weighted by Gasteiger charge is 2.17. The highest BCUT2D eigenvalue weighted by molar-refractivity contribution is 5.86. The summed E-state index contributed by atoms with van der Waals surface area (Å²) in [7, 11) is 2.17. The summed E-state index contributed by atoms with van der Waals surface area (Å²) >= 11 is 0. The number of benzene rings is 2. The Labute approximate surface area is 175 Å². The molecule has 0 aliphatic carbocycles. The molecule has 1 fully saturated rings. The van der Waals surface area contributed by atoms with Crippen molar-refractivity contribution in [1.82, 2.24) is 19.5 Å². The molecule has 0 bridgehead atoms. The van der Waals surface area contributed by atoms with Crippen LogP contribution in [0.5, 0.6) is 0 Å². The standard InChI is InChI=1S/C23H25N7/c1-28-10-12-29(13-11-28)17-8-6-16(7-9-17)19-15-27-30-22(25)20(14-26-23(19)30)18-4-2-3-5-21(18)24/h2-9,14-15H,10-13,24-25H2,1H3. The number of nitrogens with zero attached hydrogens (tertiary/aromatic N) is 5. The molecule has 1 saturated heterocycles. The van der Waals surface area contributed by atoms with Gasteiger partial charge in [0.1, 0.15) is 5.82 Å². The molecular formula is C23H25N7. The number of anilines is 3. The van der Waals surface area contributed by atoms with Crippen LogP contribution in [0.3, 0.4) is 0 Å². The molecule has 4 N–H and O–H groups in total. The maximum absolute atomic E-state index is 6.44. The second-order valence-corrected chi connectivity index (χ2v) is 7.78. The normalized spacial score (nSPS) is 15.0. The van der Waals surface area contributed by atoms with Gasteiger partial charge in [0.05, 0.1) is 6.20 Å². The summed E-state index contributed by atoms with van der Waals surface area (Å²) in [5.74, 6) is 0.526. The molecule has 7 heteroatoms. The van der Waals surface area contributed by atoms with Crippen molar-refractivity contribution in [2.75, 3.05) is 49.6 Å². The van der Waals surface area contributed by atoms with E-state index in [1.54, 1.807) is 10.7 Å². The Kier molecular flexibility index (Phi) is 4.52. The van der Waals surface area contributed by atoms with Gasteiger partial charge in [-0.2, -0.15) is 9.61 Å². The summed E-state index contributed by atoms with van der Waals surface area (Å²) in [4.78, 5) is 9.45. The van der Waals surface area contributed by atoms with Crippen LogP contribution in [-0.4, -0.2) is 52.7 Å². The molecular weight excluding hydrogens is 374 g/mol.